The molecule has 4 rings (SSSR count). The maximum atomic E-state index is 14.0. The Labute approximate surface area is 199 Å². The van der Waals surface area contributed by atoms with Crippen molar-refractivity contribution in [2.24, 2.45) is 11.8 Å². The largest absolute Gasteiger partial charge is 0.289 e. The molecule has 2 aromatic rings. The van der Waals surface area contributed by atoms with Crippen molar-refractivity contribution < 1.29 is 4.79 Å². The molecule has 0 heterocycles. The van der Waals surface area contributed by atoms with Crippen LogP contribution in [0, 0.1) is 18.8 Å². The number of carbonyl (C=O) groups is 1. The van der Waals surface area contributed by atoms with E-state index in [9.17, 15) is 4.79 Å². The number of Topliss-reactive ketones (excluding diaryl/α,β-unsaturated/α-hetero) is 1. The summed E-state index contributed by atoms with van der Waals surface area (Å²) in [5, 5.41) is 0. The molecule has 0 spiro atoms. The molecule has 2 aliphatic carbocycles. The molecule has 0 radical (unpaired) electrons. The molecule has 0 fully saturated rings. The van der Waals surface area contributed by atoms with Crippen molar-refractivity contribution in [3.8, 4) is 11.1 Å². The molecule has 0 bridgehead atoms. The normalized spacial score (nSPS) is 22.0. The third-order valence-electron chi connectivity index (χ3n) is 7.82. The zero-order valence-electron chi connectivity index (χ0n) is 20.6. The Hall–Kier alpha value is -2.93. The van der Waals surface area contributed by atoms with Crippen LogP contribution < -0.4 is 0 Å². The van der Waals surface area contributed by atoms with E-state index in [0.29, 0.717) is 5.92 Å². The Kier molecular flexibility index (Phi) is 6.70. The van der Waals surface area contributed by atoms with Gasteiger partial charge in [-0.25, -0.2) is 0 Å². The van der Waals surface area contributed by atoms with Gasteiger partial charge in [-0.1, -0.05) is 87.5 Å². The molecule has 1 heteroatoms. The lowest BCUT2D eigenvalue weighted by atomic mass is 9.68. The molecule has 33 heavy (non-hydrogen) atoms. The van der Waals surface area contributed by atoms with Gasteiger partial charge in [-0.15, -0.1) is 0 Å². The van der Waals surface area contributed by atoms with Gasteiger partial charge in [0.05, 0.1) is 0 Å². The molecular weight excluding hydrogens is 400 g/mol. The van der Waals surface area contributed by atoms with Crippen molar-refractivity contribution in [2.45, 2.75) is 59.8 Å². The predicted molar refractivity (Wildman–Crippen MR) is 141 cm³/mol. The highest BCUT2D eigenvalue weighted by molar-refractivity contribution is 6.13. The summed E-state index contributed by atoms with van der Waals surface area (Å²) in [6.07, 6.45) is 7.07. The van der Waals surface area contributed by atoms with Crippen LogP contribution in [0.3, 0.4) is 0 Å². The Morgan fingerprint density at radius 3 is 2.45 bits per heavy atom. The van der Waals surface area contributed by atoms with Gasteiger partial charge < -0.3 is 0 Å². The van der Waals surface area contributed by atoms with E-state index < -0.39 is 0 Å². The number of allylic oxidation sites excluding steroid dienone is 6. The maximum Gasteiger partial charge on any atom is 0.189 e. The Morgan fingerprint density at radius 2 is 1.79 bits per heavy atom. The summed E-state index contributed by atoms with van der Waals surface area (Å²) in [4.78, 5) is 14.0. The first-order valence-electron chi connectivity index (χ1n) is 12.4. The fraction of sp³-hybridized carbons (Fsp3) is 0.344. The number of hydrogen-bond donors (Lipinski definition) is 0. The lowest BCUT2D eigenvalue weighted by Crippen LogP contribution is -2.26. The van der Waals surface area contributed by atoms with E-state index in [1.807, 2.05) is 6.07 Å². The lowest BCUT2D eigenvalue weighted by molar-refractivity contribution is 0.102. The second-order valence-electron chi connectivity index (χ2n) is 9.62. The molecule has 0 aromatic heterocycles. The third-order valence-corrected chi connectivity index (χ3v) is 7.82. The minimum Gasteiger partial charge on any atom is -0.289 e. The molecule has 2 aliphatic rings. The van der Waals surface area contributed by atoms with Crippen LogP contribution in [-0.4, -0.2) is 5.78 Å². The van der Waals surface area contributed by atoms with Crippen LogP contribution in [0.2, 0.25) is 0 Å². The van der Waals surface area contributed by atoms with Crippen molar-refractivity contribution in [1.29, 1.82) is 0 Å². The fourth-order valence-electron chi connectivity index (χ4n) is 5.87. The van der Waals surface area contributed by atoms with Crippen LogP contribution in [0.1, 0.15) is 67.9 Å². The van der Waals surface area contributed by atoms with Crippen molar-refractivity contribution in [3.05, 3.63) is 106 Å². The van der Waals surface area contributed by atoms with E-state index in [1.54, 1.807) is 0 Å². The highest BCUT2D eigenvalue weighted by Crippen LogP contribution is 2.45. The fourth-order valence-corrected chi connectivity index (χ4v) is 5.87. The molecule has 2 atom stereocenters. The average molecular weight is 437 g/mol. The molecular formula is C32H36O. The first-order chi connectivity index (χ1) is 15.9. The molecule has 0 aliphatic heterocycles. The van der Waals surface area contributed by atoms with Crippen LogP contribution in [0.15, 0.2) is 89.6 Å². The van der Waals surface area contributed by atoms with Crippen LogP contribution in [-0.2, 0) is 6.42 Å². The van der Waals surface area contributed by atoms with Gasteiger partial charge in [0.25, 0.3) is 0 Å². The molecule has 0 N–H and O–H groups in total. The molecule has 0 amide bonds. The number of rotatable bonds is 5. The van der Waals surface area contributed by atoms with Gasteiger partial charge in [0.2, 0.25) is 0 Å². The molecule has 2 aromatic carbocycles. The Bertz CT molecular complexity index is 1170. The molecule has 1 nitrogen and oxygen atoms in total. The zero-order valence-corrected chi connectivity index (χ0v) is 20.6. The summed E-state index contributed by atoms with van der Waals surface area (Å²) in [7, 11) is 0. The summed E-state index contributed by atoms with van der Waals surface area (Å²) in [6, 6.07) is 14.7. The van der Waals surface area contributed by atoms with Crippen molar-refractivity contribution in [1.82, 2.24) is 0 Å². The van der Waals surface area contributed by atoms with E-state index in [2.05, 4.69) is 83.3 Å². The predicted octanol–water partition coefficient (Wildman–Crippen LogP) is 8.60. The monoisotopic (exact) mass is 436 g/mol. The van der Waals surface area contributed by atoms with Crippen molar-refractivity contribution in [2.75, 3.05) is 0 Å². The minimum atomic E-state index is 0.219. The zero-order chi connectivity index (χ0) is 23.7. The standard InChI is InChI=1S/C32H36O/c1-7-20(3)26-17-15-24(8-2)31(22(26)5)23(6)27-18-19-29-28(25-12-10-9-11-13-25)16-14-21(4)30(29)32(27)33/h9-14,16-17,24,31H,3,5,7-8,15,18-19H2,1-2,4,6H3/b27-23+. The number of fused-ring (bicyclic) bond motifs is 1. The van der Waals surface area contributed by atoms with Gasteiger partial charge in [0.15, 0.2) is 5.78 Å². The van der Waals surface area contributed by atoms with E-state index in [0.717, 1.165) is 60.0 Å². The number of benzene rings is 2. The van der Waals surface area contributed by atoms with E-state index >= 15 is 0 Å². The van der Waals surface area contributed by atoms with Gasteiger partial charge in [-0.05, 0) is 90.0 Å². The van der Waals surface area contributed by atoms with Crippen molar-refractivity contribution >= 4 is 5.78 Å². The number of carbonyl (C=O) groups excluding carboxylic acids is 1. The third kappa shape index (κ3) is 4.10. The molecule has 170 valence electrons. The maximum absolute atomic E-state index is 14.0. The van der Waals surface area contributed by atoms with E-state index in [-0.39, 0.29) is 11.7 Å². The first kappa shape index (κ1) is 23.2. The number of aryl methyl sites for hydroxylation is 1. The van der Waals surface area contributed by atoms with Gasteiger partial charge in [-0.3, -0.25) is 4.79 Å². The minimum absolute atomic E-state index is 0.219. The molecule has 0 saturated carbocycles. The smallest absolute Gasteiger partial charge is 0.189 e. The topological polar surface area (TPSA) is 17.1 Å². The SMILES string of the molecule is C=C(CC)C1=CCC(CC)C(/C(C)=C2\CCc3c(-c4ccccc4)ccc(C)c3C2=O)C1=C. The summed E-state index contributed by atoms with van der Waals surface area (Å²) >= 11 is 0. The lowest BCUT2D eigenvalue weighted by Gasteiger charge is -2.36. The first-order valence-corrected chi connectivity index (χ1v) is 12.4. The highest BCUT2D eigenvalue weighted by Gasteiger charge is 2.34. The van der Waals surface area contributed by atoms with Crippen molar-refractivity contribution in [3.63, 3.8) is 0 Å². The van der Waals surface area contributed by atoms with Crippen LogP contribution in [0.4, 0.5) is 0 Å². The second kappa shape index (κ2) is 9.51. The van der Waals surface area contributed by atoms with E-state index in [1.165, 1.54) is 27.8 Å². The summed E-state index contributed by atoms with van der Waals surface area (Å²) in [5.74, 6) is 0.929. The van der Waals surface area contributed by atoms with Crippen LogP contribution in [0.5, 0.6) is 0 Å². The van der Waals surface area contributed by atoms with Gasteiger partial charge >= 0.3 is 0 Å². The van der Waals surface area contributed by atoms with Gasteiger partial charge in [0.1, 0.15) is 0 Å². The Morgan fingerprint density at radius 1 is 1.06 bits per heavy atom. The highest BCUT2D eigenvalue weighted by atomic mass is 16.1. The summed E-state index contributed by atoms with van der Waals surface area (Å²) < 4.78 is 0. The van der Waals surface area contributed by atoms with Crippen LogP contribution >= 0.6 is 0 Å². The Balaban J connectivity index is 1.79. The van der Waals surface area contributed by atoms with Crippen LogP contribution in [0.25, 0.3) is 11.1 Å². The number of hydrogen-bond acceptors (Lipinski definition) is 1. The molecule has 2 unspecified atom stereocenters. The van der Waals surface area contributed by atoms with Gasteiger partial charge in [0, 0.05) is 11.5 Å². The second-order valence-corrected chi connectivity index (χ2v) is 9.62. The summed E-state index contributed by atoms with van der Waals surface area (Å²) in [5.41, 5.74) is 11.3. The average Bonchev–Trinajstić information content (AvgIpc) is 2.83. The summed E-state index contributed by atoms with van der Waals surface area (Å²) in [6.45, 7) is 17.5. The number of ketones is 1. The van der Waals surface area contributed by atoms with Gasteiger partial charge in [-0.2, -0.15) is 0 Å². The quantitative estimate of drug-likeness (QED) is 0.429. The van der Waals surface area contributed by atoms with E-state index in [4.69, 9.17) is 0 Å². The molecule has 0 saturated heterocycles.